The number of nitrogens with one attached hydrogen (secondary N) is 1. The summed E-state index contributed by atoms with van der Waals surface area (Å²) in [4.78, 5) is 2.43. The molecule has 3 unspecified atom stereocenters. The summed E-state index contributed by atoms with van der Waals surface area (Å²) < 4.78 is 5.21. The lowest BCUT2D eigenvalue weighted by Crippen LogP contribution is -2.44. The Bertz CT molecular complexity index is 187. The van der Waals surface area contributed by atoms with Gasteiger partial charge in [-0.15, -0.1) is 0 Å². The summed E-state index contributed by atoms with van der Waals surface area (Å²) in [6, 6.07) is 1.23. The van der Waals surface area contributed by atoms with E-state index in [9.17, 15) is 0 Å². The molecule has 96 valence electrons. The zero-order valence-electron chi connectivity index (χ0n) is 11.3. The smallest absolute Gasteiger partial charge is 0.0615 e. The van der Waals surface area contributed by atoms with E-state index in [0.29, 0.717) is 12.1 Å². The van der Waals surface area contributed by atoms with E-state index in [4.69, 9.17) is 4.74 Å². The Morgan fingerprint density at radius 1 is 1.38 bits per heavy atom. The van der Waals surface area contributed by atoms with Gasteiger partial charge in [-0.1, -0.05) is 12.8 Å². The number of rotatable bonds is 6. The van der Waals surface area contributed by atoms with Gasteiger partial charge in [0.2, 0.25) is 0 Å². The molecule has 0 aromatic heterocycles. The molecule has 1 aliphatic rings. The van der Waals surface area contributed by atoms with Crippen LogP contribution in [0.1, 0.15) is 32.6 Å². The molecule has 0 bridgehead atoms. The summed E-state index contributed by atoms with van der Waals surface area (Å²) in [5, 5.41) is 3.47. The first-order chi connectivity index (χ1) is 7.69. The van der Waals surface area contributed by atoms with Crippen molar-refractivity contribution in [3.05, 3.63) is 0 Å². The lowest BCUT2D eigenvalue weighted by Gasteiger charge is -2.36. The molecule has 0 heterocycles. The van der Waals surface area contributed by atoms with Crippen molar-refractivity contribution in [2.24, 2.45) is 5.92 Å². The molecule has 0 spiro atoms. The predicted octanol–water partition coefficient (Wildman–Crippen LogP) is 1.73. The monoisotopic (exact) mass is 228 g/mol. The van der Waals surface area contributed by atoms with Crippen LogP contribution in [0.4, 0.5) is 0 Å². The fourth-order valence-electron chi connectivity index (χ4n) is 2.72. The van der Waals surface area contributed by atoms with Crippen molar-refractivity contribution in [2.45, 2.75) is 44.7 Å². The molecule has 3 atom stereocenters. The van der Waals surface area contributed by atoms with Crippen molar-refractivity contribution in [3.63, 3.8) is 0 Å². The van der Waals surface area contributed by atoms with Crippen molar-refractivity contribution in [2.75, 3.05) is 34.4 Å². The van der Waals surface area contributed by atoms with Gasteiger partial charge >= 0.3 is 0 Å². The highest BCUT2D eigenvalue weighted by atomic mass is 16.5. The maximum absolute atomic E-state index is 5.21. The third kappa shape index (κ3) is 4.04. The first-order valence-electron chi connectivity index (χ1n) is 6.55. The van der Waals surface area contributed by atoms with Crippen LogP contribution in [0, 0.1) is 5.92 Å². The molecule has 3 nitrogen and oxygen atoms in total. The van der Waals surface area contributed by atoms with Crippen LogP contribution < -0.4 is 5.32 Å². The van der Waals surface area contributed by atoms with Gasteiger partial charge in [-0.25, -0.2) is 0 Å². The Balaban J connectivity index is 2.38. The number of hydrogen-bond donors (Lipinski definition) is 1. The molecule has 16 heavy (non-hydrogen) atoms. The van der Waals surface area contributed by atoms with Crippen LogP contribution >= 0.6 is 0 Å². The third-order valence-corrected chi connectivity index (χ3v) is 3.96. The highest BCUT2D eigenvalue weighted by molar-refractivity contribution is 4.82. The summed E-state index contributed by atoms with van der Waals surface area (Å²) in [5.74, 6) is 0.808. The SMILES string of the molecule is CNC1CCCCC1CN(C)C(C)COC. The molecule has 1 N–H and O–H groups in total. The minimum atomic E-state index is 0.518. The number of likely N-dealkylation sites (N-methyl/N-ethyl adjacent to an activating group) is 1. The summed E-state index contributed by atoms with van der Waals surface area (Å²) in [6.45, 7) is 4.25. The van der Waals surface area contributed by atoms with Crippen LogP contribution in [-0.4, -0.2) is 51.3 Å². The number of ether oxygens (including phenoxy) is 1. The van der Waals surface area contributed by atoms with Gasteiger partial charge in [-0.05, 0) is 39.8 Å². The normalized spacial score (nSPS) is 28.3. The molecule has 0 amide bonds. The Labute approximate surface area is 101 Å². The highest BCUT2D eigenvalue weighted by Crippen LogP contribution is 2.25. The van der Waals surface area contributed by atoms with E-state index in [1.165, 1.54) is 32.2 Å². The average Bonchev–Trinajstić information content (AvgIpc) is 2.30. The van der Waals surface area contributed by atoms with Crippen molar-refractivity contribution >= 4 is 0 Å². The minimum absolute atomic E-state index is 0.518. The van der Waals surface area contributed by atoms with Gasteiger partial charge in [-0.2, -0.15) is 0 Å². The minimum Gasteiger partial charge on any atom is -0.383 e. The number of methoxy groups -OCH3 is 1. The molecule has 1 aliphatic carbocycles. The zero-order valence-corrected chi connectivity index (χ0v) is 11.3. The largest absolute Gasteiger partial charge is 0.383 e. The lowest BCUT2D eigenvalue weighted by molar-refractivity contribution is 0.0934. The van der Waals surface area contributed by atoms with Crippen LogP contribution in [0.3, 0.4) is 0 Å². The molecule has 0 saturated heterocycles. The zero-order chi connectivity index (χ0) is 12.0. The molecule has 0 aromatic carbocycles. The van der Waals surface area contributed by atoms with Gasteiger partial charge in [0.15, 0.2) is 0 Å². The van der Waals surface area contributed by atoms with Crippen LogP contribution in [0.2, 0.25) is 0 Å². The van der Waals surface area contributed by atoms with Crippen molar-refractivity contribution in [1.29, 1.82) is 0 Å². The molecule has 1 saturated carbocycles. The van der Waals surface area contributed by atoms with E-state index in [-0.39, 0.29) is 0 Å². The fraction of sp³-hybridized carbons (Fsp3) is 1.00. The molecule has 1 rings (SSSR count). The van der Waals surface area contributed by atoms with E-state index in [1.807, 2.05) is 0 Å². The van der Waals surface area contributed by atoms with Crippen molar-refractivity contribution < 1.29 is 4.74 Å². The Hall–Kier alpha value is -0.120. The molecular formula is C13H28N2O. The van der Waals surface area contributed by atoms with Gasteiger partial charge < -0.3 is 15.0 Å². The maximum atomic E-state index is 5.21. The van der Waals surface area contributed by atoms with E-state index in [1.54, 1.807) is 7.11 Å². The van der Waals surface area contributed by atoms with E-state index in [0.717, 1.165) is 12.5 Å². The topological polar surface area (TPSA) is 24.5 Å². The second kappa shape index (κ2) is 7.25. The van der Waals surface area contributed by atoms with Crippen LogP contribution in [-0.2, 0) is 4.74 Å². The second-order valence-electron chi connectivity index (χ2n) is 5.18. The molecule has 0 aromatic rings. The summed E-state index contributed by atoms with van der Waals surface area (Å²) in [5.41, 5.74) is 0. The van der Waals surface area contributed by atoms with Gasteiger partial charge in [0, 0.05) is 25.7 Å². The van der Waals surface area contributed by atoms with Gasteiger partial charge in [0.25, 0.3) is 0 Å². The van der Waals surface area contributed by atoms with E-state index >= 15 is 0 Å². The average molecular weight is 228 g/mol. The quantitative estimate of drug-likeness (QED) is 0.749. The highest BCUT2D eigenvalue weighted by Gasteiger charge is 2.25. The van der Waals surface area contributed by atoms with E-state index in [2.05, 4.69) is 31.2 Å². The molecule has 0 radical (unpaired) electrons. The van der Waals surface area contributed by atoms with Gasteiger partial charge in [0.1, 0.15) is 0 Å². The number of nitrogens with zero attached hydrogens (tertiary/aromatic N) is 1. The third-order valence-electron chi connectivity index (χ3n) is 3.96. The number of hydrogen-bond acceptors (Lipinski definition) is 3. The molecule has 1 fully saturated rings. The van der Waals surface area contributed by atoms with Gasteiger partial charge in [0.05, 0.1) is 6.61 Å². The van der Waals surface area contributed by atoms with E-state index < -0.39 is 0 Å². The van der Waals surface area contributed by atoms with Gasteiger partial charge in [-0.3, -0.25) is 0 Å². The molecule has 3 heteroatoms. The summed E-state index contributed by atoms with van der Waals surface area (Å²) >= 11 is 0. The fourth-order valence-corrected chi connectivity index (χ4v) is 2.72. The predicted molar refractivity (Wildman–Crippen MR) is 68.8 cm³/mol. The summed E-state index contributed by atoms with van der Waals surface area (Å²) in [7, 11) is 6.09. The standard InChI is InChI=1S/C13H28N2O/c1-11(10-16-4)15(3)9-12-7-5-6-8-13(12)14-2/h11-14H,5-10H2,1-4H3. The molecular weight excluding hydrogens is 200 g/mol. The van der Waals surface area contributed by atoms with Crippen molar-refractivity contribution in [3.8, 4) is 0 Å². The maximum Gasteiger partial charge on any atom is 0.0615 e. The lowest BCUT2D eigenvalue weighted by atomic mass is 9.84. The summed E-state index contributed by atoms with van der Waals surface area (Å²) in [6.07, 6.45) is 5.50. The van der Waals surface area contributed by atoms with Crippen LogP contribution in [0.15, 0.2) is 0 Å². The second-order valence-corrected chi connectivity index (χ2v) is 5.18. The van der Waals surface area contributed by atoms with Crippen LogP contribution in [0.5, 0.6) is 0 Å². The first-order valence-corrected chi connectivity index (χ1v) is 6.55. The van der Waals surface area contributed by atoms with Crippen LogP contribution in [0.25, 0.3) is 0 Å². The Morgan fingerprint density at radius 2 is 2.06 bits per heavy atom. The Kier molecular flexibility index (Phi) is 6.32. The van der Waals surface area contributed by atoms with Crippen molar-refractivity contribution in [1.82, 2.24) is 10.2 Å². The Morgan fingerprint density at radius 3 is 2.69 bits per heavy atom. The molecule has 0 aliphatic heterocycles. The first kappa shape index (κ1) is 13.9.